The number of carbonyl (C=O) groups excluding carboxylic acids is 2. The van der Waals surface area contributed by atoms with Crippen LogP contribution in [0.3, 0.4) is 0 Å². The first-order valence-electron chi connectivity index (χ1n) is 9.53. The van der Waals surface area contributed by atoms with E-state index in [4.69, 9.17) is 0 Å². The molecule has 1 aromatic rings. The minimum Gasteiger partial charge on any atom is -0.342 e. The highest BCUT2D eigenvalue weighted by Crippen LogP contribution is 2.35. The van der Waals surface area contributed by atoms with Gasteiger partial charge in [-0.05, 0) is 24.6 Å². The van der Waals surface area contributed by atoms with Crippen LogP contribution in [-0.4, -0.2) is 84.9 Å². The molecule has 1 spiro atoms. The first-order chi connectivity index (χ1) is 12.8. The lowest BCUT2D eigenvalue weighted by atomic mass is 9.86. The van der Waals surface area contributed by atoms with Crippen molar-refractivity contribution in [3.05, 3.63) is 35.6 Å². The van der Waals surface area contributed by atoms with Crippen molar-refractivity contribution in [2.24, 2.45) is 5.41 Å². The van der Waals surface area contributed by atoms with Gasteiger partial charge < -0.3 is 14.7 Å². The first kappa shape index (κ1) is 19.6. The SMILES string of the molecule is CCN1C[C@@]2(CC1=O)CN(Cc1ccc(F)cc1)CCN(C(=O)N(C)C)C2. The Morgan fingerprint density at radius 1 is 1.15 bits per heavy atom. The monoisotopic (exact) mass is 376 g/mol. The van der Waals surface area contributed by atoms with E-state index in [0.29, 0.717) is 39.1 Å². The standard InChI is InChI=1S/C20H29FN4O2/c1-4-24-14-20(11-18(24)26)13-23(12-16-5-7-17(21)8-6-16)9-10-25(15-20)19(27)22(2)3/h5-8H,4,9-15H2,1-3H3/t20-/m1/s1. The maximum atomic E-state index is 13.2. The summed E-state index contributed by atoms with van der Waals surface area (Å²) in [7, 11) is 3.52. The molecule has 3 amide bonds. The molecule has 2 aliphatic heterocycles. The van der Waals surface area contributed by atoms with Crippen molar-refractivity contribution >= 4 is 11.9 Å². The fraction of sp³-hybridized carbons (Fsp3) is 0.600. The smallest absolute Gasteiger partial charge is 0.319 e. The van der Waals surface area contributed by atoms with Gasteiger partial charge in [0.15, 0.2) is 0 Å². The molecule has 2 saturated heterocycles. The molecule has 0 aromatic heterocycles. The number of amides is 3. The lowest BCUT2D eigenvalue weighted by Crippen LogP contribution is -2.47. The molecule has 7 heteroatoms. The van der Waals surface area contributed by atoms with E-state index in [9.17, 15) is 14.0 Å². The summed E-state index contributed by atoms with van der Waals surface area (Å²) in [4.78, 5) is 32.7. The molecule has 1 atom stereocenters. The van der Waals surface area contributed by atoms with Crippen LogP contribution in [0.25, 0.3) is 0 Å². The molecule has 148 valence electrons. The minimum absolute atomic E-state index is 0.0135. The van der Waals surface area contributed by atoms with Gasteiger partial charge in [-0.3, -0.25) is 9.69 Å². The van der Waals surface area contributed by atoms with Crippen LogP contribution in [-0.2, 0) is 11.3 Å². The third-order valence-electron chi connectivity index (χ3n) is 5.53. The summed E-state index contributed by atoms with van der Waals surface area (Å²) in [6.07, 6.45) is 0.470. The van der Waals surface area contributed by atoms with Gasteiger partial charge in [0.1, 0.15) is 5.82 Å². The van der Waals surface area contributed by atoms with Gasteiger partial charge in [0.2, 0.25) is 5.91 Å². The summed E-state index contributed by atoms with van der Waals surface area (Å²) in [6.45, 7) is 6.76. The maximum absolute atomic E-state index is 13.2. The van der Waals surface area contributed by atoms with E-state index in [1.54, 1.807) is 31.1 Å². The van der Waals surface area contributed by atoms with Gasteiger partial charge in [0.05, 0.1) is 0 Å². The van der Waals surface area contributed by atoms with Gasteiger partial charge >= 0.3 is 6.03 Å². The van der Waals surface area contributed by atoms with Gasteiger partial charge in [0, 0.05) is 71.7 Å². The second kappa shape index (κ2) is 7.84. The van der Waals surface area contributed by atoms with Crippen LogP contribution in [0.15, 0.2) is 24.3 Å². The highest BCUT2D eigenvalue weighted by atomic mass is 19.1. The Balaban J connectivity index is 1.82. The highest BCUT2D eigenvalue weighted by Gasteiger charge is 2.46. The number of benzene rings is 1. The molecular weight excluding hydrogens is 347 g/mol. The number of hydrogen-bond donors (Lipinski definition) is 0. The van der Waals surface area contributed by atoms with E-state index in [1.165, 1.54) is 12.1 Å². The van der Waals surface area contributed by atoms with Gasteiger partial charge in [-0.15, -0.1) is 0 Å². The summed E-state index contributed by atoms with van der Waals surface area (Å²) in [5.41, 5.74) is 0.783. The third-order valence-corrected chi connectivity index (χ3v) is 5.53. The van der Waals surface area contributed by atoms with Gasteiger partial charge in [-0.2, -0.15) is 0 Å². The van der Waals surface area contributed by atoms with Crippen LogP contribution < -0.4 is 0 Å². The highest BCUT2D eigenvalue weighted by molar-refractivity contribution is 5.80. The number of halogens is 1. The molecule has 1 aromatic carbocycles. The minimum atomic E-state index is -0.255. The maximum Gasteiger partial charge on any atom is 0.319 e. The van der Waals surface area contributed by atoms with E-state index < -0.39 is 0 Å². The van der Waals surface area contributed by atoms with Crippen LogP contribution >= 0.6 is 0 Å². The largest absolute Gasteiger partial charge is 0.342 e. The topological polar surface area (TPSA) is 47.1 Å². The quantitative estimate of drug-likeness (QED) is 0.809. The zero-order chi connectivity index (χ0) is 19.6. The molecule has 0 saturated carbocycles. The second-order valence-electron chi connectivity index (χ2n) is 8.02. The van der Waals surface area contributed by atoms with Crippen LogP contribution in [0.5, 0.6) is 0 Å². The predicted octanol–water partition coefficient (Wildman–Crippen LogP) is 1.86. The van der Waals surface area contributed by atoms with E-state index in [0.717, 1.165) is 18.7 Å². The van der Waals surface area contributed by atoms with Crippen molar-refractivity contribution in [3.8, 4) is 0 Å². The number of urea groups is 1. The number of carbonyl (C=O) groups is 2. The second-order valence-corrected chi connectivity index (χ2v) is 8.02. The zero-order valence-corrected chi connectivity index (χ0v) is 16.4. The number of rotatable bonds is 3. The van der Waals surface area contributed by atoms with E-state index >= 15 is 0 Å². The van der Waals surface area contributed by atoms with E-state index in [2.05, 4.69) is 4.90 Å². The van der Waals surface area contributed by atoms with Crippen LogP contribution in [0.1, 0.15) is 18.9 Å². The summed E-state index contributed by atoms with van der Waals surface area (Å²) >= 11 is 0. The summed E-state index contributed by atoms with van der Waals surface area (Å²) in [5, 5.41) is 0. The Morgan fingerprint density at radius 2 is 1.85 bits per heavy atom. The summed E-state index contributed by atoms with van der Waals surface area (Å²) < 4.78 is 13.2. The Hall–Kier alpha value is -2.15. The molecule has 27 heavy (non-hydrogen) atoms. The number of nitrogens with zero attached hydrogens (tertiary/aromatic N) is 4. The van der Waals surface area contributed by atoms with E-state index in [-0.39, 0.29) is 23.2 Å². The van der Waals surface area contributed by atoms with Crippen LogP contribution in [0.2, 0.25) is 0 Å². The Bertz CT molecular complexity index is 694. The Kier molecular flexibility index (Phi) is 5.69. The first-order valence-corrected chi connectivity index (χ1v) is 9.53. The van der Waals surface area contributed by atoms with Crippen LogP contribution in [0, 0.1) is 11.2 Å². The molecule has 0 aliphatic carbocycles. The van der Waals surface area contributed by atoms with E-state index in [1.807, 2.05) is 16.7 Å². The van der Waals surface area contributed by atoms with Gasteiger partial charge in [-0.1, -0.05) is 12.1 Å². The molecule has 3 rings (SSSR count). The molecule has 2 heterocycles. The van der Waals surface area contributed by atoms with Crippen molar-refractivity contribution in [3.63, 3.8) is 0 Å². The molecule has 0 bridgehead atoms. The molecule has 0 N–H and O–H groups in total. The van der Waals surface area contributed by atoms with Crippen molar-refractivity contribution in [1.29, 1.82) is 0 Å². The Labute approximate surface area is 160 Å². The fourth-order valence-corrected chi connectivity index (χ4v) is 4.26. The summed E-state index contributed by atoms with van der Waals surface area (Å²) in [5.74, 6) is -0.0767. The van der Waals surface area contributed by atoms with Crippen molar-refractivity contribution < 1.29 is 14.0 Å². The van der Waals surface area contributed by atoms with Crippen LogP contribution in [0.4, 0.5) is 9.18 Å². The summed E-state index contributed by atoms with van der Waals surface area (Å²) in [6, 6.07) is 6.54. The van der Waals surface area contributed by atoms with Gasteiger partial charge in [-0.25, -0.2) is 9.18 Å². The predicted molar refractivity (Wildman–Crippen MR) is 102 cm³/mol. The molecular formula is C20H29FN4O2. The average Bonchev–Trinajstić information content (AvgIpc) is 2.83. The molecule has 0 radical (unpaired) electrons. The molecule has 2 fully saturated rings. The Morgan fingerprint density at radius 3 is 2.44 bits per heavy atom. The third kappa shape index (κ3) is 4.40. The molecule has 6 nitrogen and oxygen atoms in total. The lowest BCUT2D eigenvalue weighted by molar-refractivity contribution is -0.127. The number of likely N-dealkylation sites (tertiary alicyclic amines) is 1. The fourth-order valence-electron chi connectivity index (χ4n) is 4.26. The normalized spacial score (nSPS) is 23.8. The number of hydrogen-bond acceptors (Lipinski definition) is 3. The van der Waals surface area contributed by atoms with Crippen molar-refractivity contribution in [2.45, 2.75) is 19.9 Å². The molecule has 0 unspecified atom stereocenters. The molecule has 2 aliphatic rings. The average molecular weight is 376 g/mol. The van der Waals surface area contributed by atoms with Gasteiger partial charge in [0.25, 0.3) is 0 Å². The van der Waals surface area contributed by atoms with Crippen molar-refractivity contribution in [1.82, 2.24) is 19.6 Å². The lowest BCUT2D eigenvalue weighted by Gasteiger charge is -2.34. The van der Waals surface area contributed by atoms with Crippen molar-refractivity contribution in [2.75, 3.05) is 53.4 Å². The zero-order valence-electron chi connectivity index (χ0n) is 16.4.